The summed E-state index contributed by atoms with van der Waals surface area (Å²) >= 11 is 0. The molecule has 1 aliphatic heterocycles. The molecule has 0 radical (unpaired) electrons. The van der Waals surface area contributed by atoms with Crippen LogP contribution in [-0.2, 0) is 12.8 Å². The molecule has 4 rings (SSSR count). The number of aromatic nitrogens is 1. The fraction of sp³-hybridized carbons (Fsp3) is 0.476. The Balaban J connectivity index is 1.37. The molecule has 1 unspecified atom stereocenters. The summed E-state index contributed by atoms with van der Waals surface area (Å²) in [4.78, 5) is 6.95. The maximum atomic E-state index is 11.0. The third-order valence-electron chi connectivity index (χ3n) is 6.08. The van der Waals surface area contributed by atoms with Crippen molar-refractivity contribution in [2.24, 2.45) is 5.41 Å². The third-order valence-corrected chi connectivity index (χ3v) is 6.08. The molecule has 1 aliphatic carbocycles. The van der Waals surface area contributed by atoms with Crippen LogP contribution in [-0.4, -0.2) is 34.6 Å². The van der Waals surface area contributed by atoms with Gasteiger partial charge in [0, 0.05) is 30.3 Å². The Morgan fingerprint density at radius 3 is 2.62 bits per heavy atom. The lowest BCUT2D eigenvalue weighted by Gasteiger charge is -2.47. The number of hydrogen-bond donors (Lipinski definition) is 1. The molecule has 24 heavy (non-hydrogen) atoms. The quantitative estimate of drug-likeness (QED) is 0.941. The lowest BCUT2D eigenvalue weighted by molar-refractivity contribution is -0.0388. The van der Waals surface area contributed by atoms with Gasteiger partial charge in [-0.2, -0.15) is 0 Å². The second kappa shape index (κ2) is 6.66. The fourth-order valence-electron chi connectivity index (χ4n) is 4.44. The number of nitrogens with zero attached hydrogens (tertiary/aromatic N) is 2. The molecule has 1 N–H and O–H groups in total. The number of pyridine rings is 1. The molecule has 126 valence electrons. The largest absolute Gasteiger partial charge is 0.388 e. The molecule has 1 saturated heterocycles. The minimum absolute atomic E-state index is 0.0931. The first-order valence-electron chi connectivity index (χ1n) is 9.15. The van der Waals surface area contributed by atoms with Crippen LogP contribution in [0.1, 0.15) is 42.2 Å². The molecule has 2 heterocycles. The van der Waals surface area contributed by atoms with Crippen LogP contribution < -0.4 is 0 Å². The van der Waals surface area contributed by atoms with Gasteiger partial charge in [-0.05, 0) is 62.0 Å². The average molecular weight is 322 g/mol. The predicted molar refractivity (Wildman–Crippen MR) is 95.8 cm³/mol. The van der Waals surface area contributed by atoms with Gasteiger partial charge in [0.15, 0.2) is 0 Å². The van der Waals surface area contributed by atoms with Crippen LogP contribution in [0.5, 0.6) is 0 Å². The van der Waals surface area contributed by atoms with E-state index in [9.17, 15) is 5.11 Å². The van der Waals surface area contributed by atoms with E-state index < -0.39 is 0 Å². The maximum absolute atomic E-state index is 11.0. The molecule has 1 aromatic heterocycles. The number of aryl methyl sites for hydroxylation is 1. The Bertz CT molecular complexity index is 677. The van der Waals surface area contributed by atoms with Crippen molar-refractivity contribution in [3.8, 4) is 0 Å². The Hall–Kier alpha value is -1.71. The maximum Gasteiger partial charge on any atom is 0.0849 e. The second-order valence-electron chi connectivity index (χ2n) is 7.38. The summed E-state index contributed by atoms with van der Waals surface area (Å²) in [5.74, 6) is 0. The van der Waals surface area contributed by atoms with E-state index in [4.69, 9.17) is 0 Å². The zero-order valence-electron chi connectivity index (χ0n) is 14.2. The number of aliphatic hydroxyl groups is 1. The molecule has 1 spiro atoms. The van der Waals surface area contributed by atoms with E-state index in [1.54, 1.807) is 0 Å². The molecule has 2 aromatic rings. The first-order valence-corrected chi connectivity index (χ1v) is 9.15. The van der Waals surface area contributed by atoms with E-state index in [-0.39, 0.29) is 11.5 Å². The van der Waals surface area contributed by atoms with Gasteiger partial charge in [0.25, 0.3) is 0 Å². The average Bonchev–Trinajstić information content (AvgIpc) is 2.65. The highest BCUT2D eigenvalue weighted by Gasteiger charge is 2.44. The van der Waals surface area contributed by atoms with E-state index in [1.807, 2.05) is 12.3 Å². The van der Waals surface area contributed by atoms with Crippen LogP contribution in [0.15, 0.2) is 48.7 Å². The molecule has 3 heteroatoms. The van der Waals surface area contributed by atoms with Crippen LogP contribution in [0.3, 0.4) is 0 Å². The van der Waals surface area contributed by atoms with E-state index in [1.165, 1.54) is 16.8 Å². The molecule has 3 nitrogen and oxygen atoms in total. The zero-order chi connectivity index (χ0) is 16.4. The van der Waals surface area contributed by atoms with E-state index >= 15 is 0 Å². The highest BCUT2D eigenvalue weighted by atomic mass is 16.3. The first kappa shape index (κ1) is 15.8. The molecule has 2 aliphatic rings. The number of piperidine rings is 1. The zero-order valence-corrected chi connectivity index (χ0v) is 14.2. The Kier molecular flexibility index (Phi) is 4.38. The minimum atomic E-state index is -0.291. The topological polar surface area (TPSA) is 36.4 Å². The van der Waals surface area contributed by atoms with Gasteiger partial charge in [0.05, 0.1) is 6.10 Å². The molecule has 1 atom stereocenters. The minimum Gasteiger partial charge on any atom is -0.388 e. The lowest BCUT2D eigenvalue weighted by Crippen LogP contribution is -2.45. The first-order chi connectivity index (χ1) is 11.8. The van der Waals surface area contributed by atoms with Crippen molar-refractivity contribution >= 4 is 0 Å². The number of aliphatic hydroxyl groups excluding tert-OH is 1. The summed E-state index contributed by atoms with van der Waals surface area (Å²) in [6.07, 6.45) is 7.03. The summed E-state index contributed by atoms with van der Waals surface area (Å²) < 4.78 is 0. The molecular formula is C21H26N2O. The van der Waals surface area contributed by atoms with Gasteiger partial charge in [0.1, 0.15) is 0 Å². The molecular weight excluding hydrogens is 296 g/mol. The molecule has 0 amide bonds. The summed E-state index contributed by atoms with van der Waals surface area (Å²) in [6.45, 7) is 3.25. The van der Waals surface area contributed by atoms with Gasteiger partial charge in [-0.3, -0.25) is 4.98 Å². The number of hydrogen-bond acceptors (Lipinski definition) is 3. The highest BCUT2D eigenvalue weighted by molar-refractivity contribution is 5.33. The smallest absolute Gasteiger partial charge is 0.0849 e. The SMILES string of the molecule is OC1c2ccccc2CCC12CCN(CCc1ccccn1)CC2. The van der Waals surface area contributed by atoms with Gasteiger partial charge in [-0.1, -0.05) is 30.3 Å². The van der Waals surface area contributed by atoms with Gasteiger partial charge in [-0.15, -0.1) is 0 Å². The molecule has 1 aromatic carbocycles. The Labute approximate surface area is 144 Å². The van der Waals surface area contributed by atoms with Crippen LogP contribution in [0.25, 0.3) is 0 Å². The van der Waals surface area contributed by atoms with Crippen molar-refractivity contribution in [2.75, 3.05) is 19.6 Å². The van der Waals surface area contributed by atoms with Gasteiger partial charge >= 0.3 is 0 Å². The number of likely N-dealkylation sites (tertiary alicyclic amines) is 1. The van der Waals surface area contributed by atoms with Crippen molar-refractivity contribution in [1.29, 1.82) is 0 Å². The van der Waals surface area contributed by atoms with Crippen molar-refractivity contribution in [3.63, 3.8) is 0 Å². The van der Waals surface area contributed by atoms with Gasteiger partial charge in [0.2, 0.25) is 0 Å². The second-order valence-corrected chi connectivity index (χ2v) is 7.38. The summed E-state index contributed by atoms with van der Waals surface area (Å²) in [6, 6.07) is 14.6. The number of fused-ring (bicyclic) bond motifs is 1. The van der Waals surface area contributed by atoms with Crippen LogP contribution >= 0.6 is 0 Å². The van der Waals surface area contributed by atoms with Crippen molar-refractivity contribution in [2.45, 2.75) is 38.2 Å². The van der Waals surface area contributed by atoms with Gasteiger partial charge in [-0.25, -0.2) is 0 Å². The monoisotopic (exact) mass is 322 g/mol. The normalized spacial score (nSPS) is 23.1. The number of rotatable bonds is 3. The Morgan fingerprint density at radius 2 is 1.83 bits per heavy atom. The fourth-order valence-corrected chi connectivity index (χ4v) is 4.44. The molecule has 1 fully saturated rings. The standard InChI is InChI=1S/C21H26N2O/c24-20-19-7-2-1-5-17(19)8-10-21(20)11-15-23(16-12-21)14-9-18-6-3-4-13-22-18/h1-7,13,20,24H,8-12,14-16H2. The van der Waals surface area contributed by atoms with Crippen molar-refractivity contribution in [3.05, 3.63) is 65.5 Å². The van der Waals surface area contributed by atoms with Crippen LogP contribution in [0, 0.1) is 5.41 Å². The van der Waals surface area contributed by atoms with E-state index in [0.717, 1.165) is 51.7 Å². The Morgan fingerprint density at radius 1 is 1.04 bits per heavy atom. The molecule has 0 saturated carbocycles. The predicted octanol–water partition coefficient (Wildman–Crippen LogP) is 3.39. The number of benzene rings is 1. The third kappa shape index (κ3) is 2.99. The summed E-state index contributed by atoms with van der Waals surface area (Å²) in [5, 5.41) is 11.0. The van der Waals surface area contributed by atoms with Crippen LogP contribution in [0.2, 0.25) is 0 Å². The molecule has 0 bridgehead atoms. The van der Waals surface area contributed by atoms with Crippen molar-refractivity contribution in [1.82, 2.24) is 9.88 Å². The summed E-state index contributed by atoms with van der Waals surface area (Å²) in [7, 11) is 0. The van der Waals surface area contributed by atoms with Crippen LogP contribution in [0.4, 0.5) is 0 Å². The highest BCUT2D eigenvalue weighted by Crippen LogP contribution is 2.50. The lowest BCUT2D eigenvalue weighted by atomic mass is 9.64. The van der Waals surface area contributed by atoms with E-state index in [2.05, 4.69) is 46.3 Å². The summed E-state index contributed by atoms with van der Waals surface area (Å²) in [5.41, 5.74) is 3.78. The van der Waals surface area contributed by atoms with E-state index in [0.29, 0.717) is 0 Å². The van der Waals surface area contributed by atoms with Gasteiger partial charge < -0.3 is 10.0 Å². The van der Waals surface area contributed by atoms with Crippen molar-refractivity contribution < 1.29 is 5.11 Å².